The van der Waals surface area contributed by atoms with Crippen LogP contribution in [0.25, 0.3) is 0 Å². The molecule has 0 saturated carbocycles. The number of benzene rings is 1. The van der Waals surface area contributed by atoms with E-state index in [2.05, 4.69) is 15.0 Å². The van der Waals surface area contributed by atoms with Crippen molar-refractivity contribution in [3.63, 3.8) is 0 Å². The zero-order valence-electron chi connectivity index (χ0n) is 18.3. The Morgan fingerprint density at radius 1 is 1.00 bits per heavy atom. The van der Waals surface area contributed by atoms with E-state index in [1.807, 2.05) is 7.05 Å². The normalized spacial score (nSPS) is 19.2. The Balaban J connectivity index is 1.29. The second-order valence-corrected chi connectivity index (χ2v) is 9.87. The maximum Gasteiger partial charge on any atom is 0.282 e. The van der Waals surface area contributed by atoms with E-state index < -0.39 is 10.2 Å². The maximum atomic E-state index is 12.9. The van der Waals surface area contributed by atoms with E-state index >= 15 is 0 Å². The molecule has 2 saturated heterocycles. The summed E-state index contributed by atoms with van der Waals surface area (Å²) in [5.74, 6) is 1.39. The molecule has 32 heavy (non-hydrogen) atoms. The number of piperazine rings is 2. The minimum Gasteiger partial charge on any atom is -0.485 e. The molecule has 11 nitrogen and oxygen atoms in total. The SMILES string of the molecule is Cc1nc(COc2ccc(C(=O)N3CCN(S(=O)(=O)N4CCN(C)CC4)CC3)cc2)no1. The molecule has 2 aliphatic rings. The van der Waals surface area contributed by atoms with E-state index in [1.54, 1.807) is 40.4 Å². The third-order valence-corrected chi connectivity index (χ3v) is 7.71. The number of hydrogen-bond donors (Lipinski definition) is 0. The van der Waals surface area contributed by atoms with Crippen LogP contribution in [0.3, 0.4) is 0 Å². The molecule has 0 bridgehead atoms. The average Bonchev–Trinajstić information content (AvgIpc) is 3.23. The van der Waals surface area contributed by atoms with E-state index in [9.17, 15) is 13.2 Å². The van der Waals surface area contributed by atoms with Crippen LogP contribution in [0, 0.1) is 6.92 Å². The van der Waals surface area contributed by atoms with Crippen LogP contribution in [0.5, 0.6) is 5.75 Å². The first-order chi connectivity index (χ1) is 15.3. The van der Waals surface area contributed by atoms with Gasteiger partial charge in [0.15, 0.2) is 6.61 Å². The van der Waals surface area contributed by atoms with Gasteiger partial charge in [-0.05, 0) is 31.3 Å². The number of nitrogens with zero attached hydrogens (tertiary/aromatic N) is 6. The first kappa shape index (κ1) is 22.6. The summed E-state index contributed by atoms with van der Waals surface area (Å²) in [6, 6.07) is 6.83. The second-order valence-electron chi connectivity index (χ2n) is 7.94. The fourth-order valence-corrected chi connectivity index (χ4v) is 5.30. The molecule has 0 unspecified atom stereocenters. The predicted molar refractivity (Wildman–Crippen MR) is 115 cm³/mol. The third kappa shape index (κ3) is 5.09. The van der Waals surface area contributed by atoms with Crippen LogP contribution < -0.4 is 4.74 Å². The molecule has 2 fully saturated rings. The number of aromatic nitrogens is 2. The third-order valence-electron chi connectivity index (χ3n) is 5.68. The summed E-state index contributed by atoms with van der Waals surface area (Å²) in [5, 5.41) is 3.77. The standard InChI is InChI=1S/C20H28N6O5S/c1-16-21-19(22-31-16)15-30-18-5-3-17(4-6-18)20(27)24-9-13-26(14-10-24)32(28,29)25-11-7-23(2)8-12-25/h3-6H,7-15H2,1-2H3. The monoisotopic (exact) mass is 464 g/mol. The van der Waals surface area contributed by atoms with E-state index in [0.29, 0.717) is 62.3 Å². The zero-order chi connectivity index (χ0) is 22.7. The van der Waals surface area contributed by atoms with Gasteiger partial charge >= 0.3 is 0 Å². The Labute approximate surface area is 187 Å². The number of aryl methyl sites for hydroxylation is 1. The highest BCUT2D eigenvalue weighted by Crippen LogP contribution is 2.18. The van der Waals surface area contributed by atoms with Gasteiger partial charge in [0.05, 0.1) is 0 Å². The van der Waals surface area contributed by atoms with Crippen molar-refractivity contribution < 1.29 is 22.5 Å². The molecule has 0 spiro atoms. The fraction of sp³-hybridized carbons (Fsp3) is 0.550. The van der Waals surface area contributed by atoms with Gasteiger partial charge in [0.25, 0.3) is 16.1 Å². The molecule has 0 N–H and O–H groups in total. The van der Waals surface area contributed by atoms with Gasteiger partial charge < -0.3 is 19.1 Å². The van der Waals surface area contributed by atoms with Gasteiger partial charge in [-0.2, -0.15) is 22.0 Å². The van der Waals surface area contributed by atoms with Crippen molar-refractivity contribution in [3.8, 4) is 5.75 Å². The van der Waals surface area contributed by atoms with Crippen molar-refractivity contribution in [1.29, 1.82) is 0 Å². The first-order valence-corrected chi connectivity index (χ1v) is 12.0. The number of hydrogen-bond acceptors (Lipinski definition) is 8. The van der Waals surface area contributed by atoms with Crippen LogP contribution >= 0.6 is 0 Å². The smallest absolute Gasteiger partial charge is 0.282 e. The molecule has 12 heteroatoms. The molecule has 4 rings (SSSR count). The Morgan fingerprint density at radius 2 is 1.59 bits per heavy atom. The van der Waals surface area contributed by atoms with Crippen LogP contribution in [0.4, 0.5) is 0 Å². The lowest BCUT2D eigenvalue weighted by atomic mass is 10.2. The quantitative estimate of drug-likeness (QED) is 0.596. The van der Waals surface area contributed by atoms with Crippen molar-refractivity contribution in [1.82, 2.24) is 28.6 Å². The largest absolute Gasteiger partial charge is 0.485 e. The van der Waals surface area contributed by atoms with Gasteiger partial charge in [0.2, 0.25) is 11.7 Å². The Hall–Kier alpha value is -2.54. The minimum absolute atomic E-state index is 0.123. The van der Waals surface area contributed by atoms with Gasteiger partial charge in [-0.25, -0.2) is 0 Å². The van der Waals surface area contributed by atoms with Crippen molar-refractivity contribution in [2.45, 2.75) is 13.5 Å². The van der Waals surface area contributed by atoms with Crippen LogP contribution in [0.15, 0.2) is 28.8 Å². The molecule has 174 valence electrons. The first-order valence-electron chi connectivity index (χ1n) is 10.6. The highest BCUT2D eigenvalue weighted by atomic mass is 32.2. The lowest BCUT2D eigenvalue weighted by Crippen LogP contribution is -2.57. The van der Waals surface area contributed by atoms with Crippen molar-refractivity contribution in [2.75, 3.05) is 59.4 Å². The van der Waals surface area contributed by atoms with Gasteiger partial charge in [0.1, 0.15) is 5.75 Å². The van der Waals surface area contributed by atoms with Crippen molar-refractivity contribution in [3.05, 3.63) is 41.5 Å². The minimum atomic E-state index is -3.49. The summed E-state index contributed by atoms with van der Waals surface area (Å²) in [5.41, 5.74) is 0.531. The Kier molecular flexibility index (Phi) is 6.74. The zero-order valence-corrected chi connectivity index (χ0v) is 19.1. The van der Waals surface area contributed by atoms with E-state index in [4.69, 9.17) is 9.26 Å². The molecular weight excluding hydrogens is 436 g/mol. The summed E-state index contributed by atoms with van der Waals surface area (Å²) in [6.45, 7) is 5.66. The van der Waals surface area contributed by atoms with Crippen LogP contribution in [0.2, 0.25) is 0 Å². The van der Waals surface area contributed by atoms with Crippen LogP contribution in [-0.4, -0.2) is 102 Å². The van der Waals surface area contributed by atoms with E-state index in [1.165, 1.54) is 4.31 Å². The summed E-state index contributed by atoms with van der Waals surface area (Å²) < 4.78 is 39.3. The van der Waals surface area contributed by atoms with Gasteiger partial charge in [-0.1, -0.05) is 5.16 Å². The van der Waals surface area contributed by atoms with Gasteiger partial charge in [0, 0.05) is 64.8 Å². The molecule has 3 heterocycles. The fourth-order valence-electron chi connectivity index (χ4n) is 3.73. The number of likely N-dealkylation sites (N-methyl/N-ethyl adjacent to an activating group) is 1. The predicted octanol–water partition coefficient (Wildman–Crippen LogP) is 0.207. The Morgan fingerprint density at radius 3 is 2.16 bits per heavy atom. The highest BCUT2D eigenvalue weighted by molar-refractivity contribution is 7.86. The number of carbonyl (C=O) groups is 1. The maximum absolute atomic E-state index is 12.9. The molecule has 2 aromatic rings. The van der Waals surface area contributed by atoms with Crippen molar-refractivity contribution >= 4 is 16.1 Å². The molecule has 1 aromatic heterocycles. The summed E-state index contributed by atoms with van der Waals surface area (Å²) in [7, 11) is -1.50. The lowest BCUT2D eigenvalue weighted by Gasteiger charge is -2.39. The molecule has 2 aliphatic heterocycles. The number of rotatable bonds is 6. The number of carbonyl (C=O) groups excluding carboxylic acids is 1. The van der Waals surface area contributed by atoms with Crippen LogP contribution in [0.1, 0.15) is 22.1 Å². The average molecular weight is 465 g/mol. The van der Waals surface area contributed by atoms with Crippen molar-refractivity contribution in [2.24, 2.45) is 0 Å². The number of ether oxygens (including phenoxy) is 1. The van der Waals surface area contributed by atoms with E-state index in [-0.39, 0.29) is 12.5 Å². The number of amides is 1. The summed E-state index contributed by atoms with van der Waals surface area (Å²) >= 11 is 0. The molecular formula is C20H28N6O5S. The topological polar surface area (TPSA) is 112 Å². The summed E-state index contributed by atoms with van der Waals surface area (Å²) in [4.78, 5) is 20.7. The molecule has 0 atom stereocenters. The molecule has 0 aliphatic carbocycles. The lowest BCUT2D eigenvalue weighted by molar-refractivity contribution is 0.0692. The van der Waals surface area contributed by atoms with Crippen LogP contribution in [-0.2, 0) is 16.8 Å². The van der Waals surface area contributed by atoms with Gasteiger partial charge in [-0.3, -0.25) is 4.79 Å². The second kappa shape index (κ2) is 9.53. The molecule has 1 aromatic carbocycles. The van der Waals surface area contributed by atoms with Gasteiger partial charge in [-0.15, -0.1) is 0 Å². The summed E-state index contributed by atoms with van der Waals surface area (Å²) in [6.07, 6.45) is 0. The van der Waals surface area contributed by atoms with E-state index in [0.717, 1.165) is 13.1 Å². The molecule has 0 radical (unpaired) electrons. The Bertz CT molecular complexity index is 1030. The highest BCUT2D eigenvalue weighted by Gasteiger charge is 2.34. The molecule has 1 amide bonds.